The lowest BCUT2D eigenvalue weighted by molar-refractivity contribution is -0.143. The molecule has 1 radical (unpaired) electrons. The lowest BCUT2D eigenvalue weighted by atomic mass is 9.83. The van der Waals surface area contributed by atoms with Crippen molar-refractivity contribution in [3.63, 3.8) is 0 Å². The van der Waals surface area contributed by atoms with Gasteiger partial charge in [-0.1, -0.05) is 37.1 Å². The average Bonchev–Trinajstić information content (AvgIpc) is 3.36. The number of carbonyl (C=O) groups excluding carboxylic acids is 2. The van der Waals surface area contributed by atoms with Crippen molar-refractivity contribution in [2.24, 2.45) is 17.1 Å². The molecule has 0 saturated heterocycles. The Morgan fingerprint density at radius 1 is 1.10 bits per heavy atom. The molecule has 0 atom stereocenters. The molecule has 0 unspecified atom stereocenters. The summed E-state index contributed by atoms with van der Waals surface area (Å²) in [7, 11) is 0. The molecule has 29 heavy (non-hydrogen) atoms. The Labute approximate surface area is 172 Å². The predicted octanol–water partition coefficient (Wildman–Crippen LogP) is 1.62. The first-order valence-corrected chi connectivity index (χ1v) is 10.6. The summed E-state index contributed by atoms with van der Waals surface area (Å²) in [6.07, 6.45) is 6.39. The van der Waals surface area contributed by atoms with Gasteiger partial charge in [-0.05, 0) is 55.6 Å². The SMILES string of the molecule is N=C(N)NCCC[CH]NC(=O)C1(C(=O)NCC2Cc3ccccc3C2)CCCC1. The van der Waals surface area contributed by atoms with E-state index in [4.69, 9.17) is 11.1 Å². The molecule has 2 aliphatic rings. The second kappa shape index (κ2) is 9.76. The molecule has 1 saturated carbocycles. The van der Waals surface area contributed by atoms with Crippen LogP contribution >= 0.6 is 0 Å². The number of amides is 2. The predicted molar refractivity (Wildman–Crippen MR) is 113 cm³/mol. The van der Waals surface area contributed by atoms with Crippen molar-refractivity contribution in [3.8, 4) is 0 Å². The number of nitrogens with two attached hydrogens (primary N) is 1. The zero-order valence-corrected chi connectivity index (χ0v) is 16.9. The molecule has 6 N–H and O–H groups in total. The Morgan fingerprint density at radius 3 is 2.38 bits per heavy atom. The van der Waals surface area contributed by atoms with E-state index in [0.29, 0.717) is 38.3 Å². The van der Waals surface area contributed by atoms with Gasteiger partial charge in [0.05, 0.1) is 0 Å². The van der Waals surface area contributed by atoms with Crippen molar-refractivity contribution in [3.05, 3.63) is 41.9 Å². The molecule has 3 rings (SSSR count). The summed E-state index contributed by atoms with van der Waals surface area (Å²) in [5.41, 5.74) is 7.03. The van der Waals surface area contributed by atoms with Crippen molar-refractivity contribution in [2.45, 2.75) is 51.4 Å². The highest BCUT2D eigenvalue weighted by Gasteiger charge is 2.47. The van der Waals surface area contributed by atoms with Crippen LogP contribution in [0.4, 0.5) is 0 Å². The first-order chi connectivity index (χ1) is 14.0. The average molecular weight is 399 g/mol. The van der Waals surface area contributed by atoms with Crippen molar-refractivity contribution < 1.29 is 9.59 Å². The molecule has 0 bridgehead atoms. The second-order valence-corrected chi connectivity index (χ2v) is 8.20. The molecule has 1 aromatic rings. The number of carbonyl (C=O) groups is 2. The van der Waals surface area contributed by atoms with Crippen molar-refractivity contribution >= 4 is 17.8 Å². The van der Waals surface area contributed by atoms with Crippen LogP contribution in [0.1, 0.15) is 49.7 Å². The number of guanidine groups is 1. The third-order valence-corrected chi connectivity index (χ3v) is 6.09. The molecule has 0 spiro atoms. The van der Waals surface area contributed by atoms with Gasteiger partial charge >= 0.3 is 0 Å². The molecule has 0 aromatic heterocycles. The van der Waals surface area contributed by atoms with Crippen molar-refractivity contribution in [2.75, 3.05) is 13.1 Å². The van der Waals surface area contributed by atoms with Crippen LogP contribution in [-0.2, 0) is 22.4 Å². The highest BCUT2D eigenvalue weighted by molar-refractivity contribution is 6.05. The number of benzene rings is 1. The van der Waals surface area contributed by atoms with E-state index in [1.54, 1.807) is 6.54 Å². The Bertz CT molecular complexity index is 717. The molecule has 1 aromatic carbocycles. The quantitative estimate of drug-likeness (QED) is 0.188. The fourth-order valence-electron chi connectivity index (χ4n) is 4.47. The summed E-state index contributed by atoms with van der Waals surface area (Å²) in [5.74, 6) is 0.0241. The minimum absolute atomic E-state index is 0.0547. The number of hydrogen-bond donors (Lipinski definition) is 5. The van der Waals surface area contributed by atoms with Gasteiger partial charge < -0.3 is 21.7 Å². The summed E-state index contributed by atoms with van der Waals surface area (Å²) in [6, 6.07) is 8.43. The van der Waals surface area contributed by atoms with Crippen LogP contribution in [-0.4, -0.2) is 30.9 Å². The zero-order chi connectivity index (χ0) is 20.7. The van der Waals surface area contributed by atoms with Gasteiger partial charge in [0.15, 0.2) is 5.96 Å². The third kappa shape index (κ3) is 5.28. The van der Waals surface area contributed by atoms with E-state index in [-0.39, 0.29) is 17.8 Å². The van der Waals surface area contributed by atoms with Gasteiger partial charge in [-0.2, -0.15) is 0 Å². The van der Waals surface area contributed by atoms with Crippen molar-refractivity contribution in [1.82, 2.24) is 16.0 Å². The molecular formula is C22H32N5O2. The molecule has 157 valence electrons. The Morgan fingerprint density at radius 2 is 1.76 bits per heavy atom. The second-order valence-electron chi connectivity index (χ2n) is 8.20. The molecule has 2 amide bonds. The van der Waals surface area contributed by atoms with Gasteiger partial charge in [-0.25, -0.2) is 0 Å². The third-order valence-electron chi connectivity index (χ3n) is 6.09. The Balaban J connectivity index is 1.46. The van der Waals surface area contributed by atoms with Gasteiger partial charge in [0.1, 0.15) is 5.41 Å². The fourth-order valence-corrected chi connectivity index (χ4v) is 4.47. The van der Waals surface area contributed by atoms with E-state index in [1.807, 2.05) is 0 Å². The minimum Gasteiger partial charge on any atom is -0.370 e. The number of fused-ring (bicyclic) bond motifs is 1. The summed E-state index contributed by atoms with van der Waals surface area (Å²) < 4.78 is 0. The topological polar surface area (TPSA) is 120 Å². The molecular weight excluding hydrogens is 366 g/mol. The zero-order valence-electron chi connectivity index (χ0n) is 16.9. The van der Waals surface area contributed by atoms with E-state index < -0.39 is 5.41 Å². The van der Waals surface area contributed by atoms with Crippen LogP contribution in [0.5, 0.6) is 0 Å². The van der Waals surface area contributed by atoms with Crippen LogP contribution in [0.15, 0.2) is 24.3 Å². The maximum atomic E-state index is 13.0. The van der Waals surface area contributed by atoms with E-state index in [9.17, 15) is 9.59 Å². The monoisotopic (exact) mass is 398 g/mol. The molecule has 7 nitrogen and oxygen atoms in total. The fraction of sp³-hybridized carbons (Fsp3) is 0.545. The highest BCUT2D eigenvalue weighted by Crippen LogP contribution is 2.39. The van der Waals surface area contributed by atoms with Gasteiger partial charge in [-0.3, -0.25) is 15.0 Å². The highest BCUT2D eigenvalue weighted by atomic mass is 16.2. The lowest BCUT2D eigenvalue weighted by Gasteiger charge is -2.27. The standard InChI is InChI=1S/C22H32N5O2/c23-21(24)26-12-6-5-11-25-19(28)22(9-3-4-10-22)20(29)27-15-16-13-17-7-1-2-8-18(17)14-16/h1-2,7-8,11,16H,3-6,9-10,12-15H2,(H,25,28)(H,27,29)(H4,23,24,26). The van der Waals surface area contributed by atoms with Crippen LogP contribution in [0.3, 0.4) is 0 Å². The van der Waals surface area contributed by atoms with Crippen LogP contribution in [0.25, 0.3) is 0 Å². The van der Waals surface area contributed by atoms with Gasteiger partial charge in [0.25, 0.3) is 0 Å². The minimum atomic E-state index is -0.945. The van der Waals surface area contributed by atoms with E-state index >= 15 is 0 Å². The molecule has 0 aliphatic heterocycles. The Hall–Kier alpha value is -2.57. The number of unbranched alkanes of at least 4 members (excludes halogenated alkanes) is 1. The summed E-state index contributed by atoms with van der Waals surface area (Å²) in [6.45, 7) is 2.91. The summed E-state index contributed by atoms with van der Waals surface area (Å²) in [5, 5.41) is 15.8. The maximum Gasteiger partial charge on any atom is 0.235 e. The maximum absolute atomic E-state index is 13.0. The number of hydrogen-bond acceptors (Lipinski definition) is 3. The summed E-state index contributed by atoms with van der Waals surface area (Å²) in [4.78, 5) is 25.9. The van der Waals surface area contributed by atoms with E-state index in [2.05, 4.69) is 40.2 Å². The van der Waals surface area contributed by atoms with E-state index in [0.717, 1.165) is 32.1 Å². The smallest absolute Gasteiger partial charge is 0.235 e. The van der Waals surface area contributed by atoms with Crippen LogP contribution in [0.2, 0.25) is 0 Å². The van der Waals surface area contributed by atoms with Crippen LogP contribution in [0, 0.1) is 23.3 Å². The number of nitrogens with one attached hydrogen (secondary N) is 4. The molecule has 1 fully saturated rings. The summed E-state index contributed by atoms with van der Waals surface area (Å²) >= 11 is 0. The first-order valence-electron chi connectivity index (χ1n) is 10.6. The van der Waals surface area contributed by atoms with Crippen molar-refractivity contribution in [1.29, 1.82) is 5.41 Å². The largest absolute Gasteiger partial charge is 0.370 e. The number of rotatable bonds is 9. The molecule has 2 aliphatic carbocycles. The molecule has 7 heteroatoms. The lowest BCUT2D eigenvalue weighted by Crippen LogP contribution is -2.50. The normalized spacial score (nSPS) is 17.5. The van der Waals surface area contributed by atoms with Gasteiger partial charge in [0, 0.05) is 19.6 Å². The molecule has 0 heterocycles. The first kappa shape index (κ1) is 21.1. The van der Waals surface area contributed by atoms with E-state index in [1.165, 1.54) is 11.1 Å². The van der Waals surface area contributed by atoms with Gasteiger partial charge in [-0.15, -0.1) is 0 Å². The van der Waals surface area contributed by atoms with Gasteiger partial charge in [0.2, 0.25) is 11.8 Å². The Kier molecular flexibility index (Phi) is 7.12. The van der Waals surface area contributed by atoms with Crippen LogP contribution < -0.4 is 21.7 Å².